The highest BCUT2D eigenvalue weighted by Gasteiger charge is 2.41. The summed E-state index contributed by atoms with van der Waals surface area (Å²) in [7, 11) is 1.64. The van der Waals surface area contributed by atoms with Gasteiger partial charge in [0.05, 0.1) is 31.1 Å². The number of hydrogen-bond donors (Lipinski definition) is 1. The van der Waals surface area contributed by atoms with E-state index in [0.29, 0.717) is 53.8 Å². The fourth-order valence-electron chi connectivity index (χ4n) is 6.19. The van der Waals surface area contributed by atoms with Crippen LogP contribution in [0.15, 0.2) is 102 Å². The van der Waals surface area contributed by atoms with Gasteiger partial charge in [0.15, 0.2) is 17.3 Å². The predicted molar refractivity (Wildman–Crippen MR) is 176 cm³/mol. The van der Waals surface area contributed by atoms with E-state index in [1.165, 1.54) is 6.92 Å². The van der Waals surface area contributed by atoms with Crippen LogP contribution in [0.2, 0.25) is 5.02 Å². The largest absolute Gasteiger partial charge is 0.497 e. The van der Waals surface area contributed by atoms with Crippen LogP contribution in [0.1, 0.15) is 55.3 Å². The molecular formula is C37H35ClN2O5. The van der Waals surface area contributed by atoms with Crippen molar-refractivity contribution in [3.8, 4) is 17.2 Å². The van der Waals surface area contributed by atoms with E-state index in [4.69, 9.17) is 25.8 Å². The summed E-state index contributed by atoms with van der Waals surface area (Å²) >= 11 is 6.05. The summed E-state index contributed by atoms with van der Waals surface area (Å²) in [4.78, 5) is 29.4. The number of Topliss-reactive ketones (excluding diaryl/α,β-unsaturated/α-hetero) is 1. The molecule has 0 radical (unpaired) electrons. The second-order valence-corrected chi connectivity index (χ2v) is 11.6. The van der Waals surface area contributed by atoms with Gasteiger partial charge in [-0.1, -0.05) is 54.1 Å². The molecule has 0 bridgehead atoms. The zero-order valence-electron chi connectivity index (χ0n) is 25.5. The minimum Gasteiger partial charge on any atom is -0.497 e. The Hall–Kier alpha value is -4.75. The number of para-hydroxylation sites is 2. The van der Waals surface area contributed by atoms with Crippen LogP contribution in [-0.4, -0.2) is 25.4 Å². The van der Waals surface area contributed by atoms with Crippen LogP contribution < -0.4 is 24.4 Å². The molecule has 2 aliphatic rings. The summed E-state index contributed by atoms with van der Waals surface area (Å²) < 4.78 is 17.6. The smallest absolute Gasteiger partial charge is 0.224 e. The number of methoxy groups -OCH3 is 1. The molecule has 0 aromatic heterocycles. The van der Waals surface area contributed by atoms with Crippen molar-refractivity contribution in [2.45, 2.75) is 45.3 Å². The fraction of sp³-hybridized carbons (Fsp3) is 0.243. The predicted octanol–water partition coefficient (Wildman–Crippen LogP) is 8.25. The van der Waals surface area contributed by atoms with Crippen molar-refractivity contribution < 1.29 is 23.8 Å². The van der Waals surface area contributed by atoms with Gasteiger partial charge >= 0.3 is 0 Å². The van der Waals surface area contributed by atoms with Crippen LogP contribution in [0.3, 0.4) is 0 Å². The van der Waals surface area contributed by atoms with Gasteiger partial charge in [-0.2, -0.15) is 0 Å². The number of anilines is 2. The first-order valence-corrected chi connectivity index (χ1v) is 15.4. The molecule has 0 saturated carbocycles. The molecule has 6 rings (SSSR count). The minimum absolute atomic E-state index is 0.00495. The Kier molecular flexibility index (Phi) is 8.80. The number of amides is 1. The molecular weight excluding hydrogens is 588 g/mol. The zero-order chi connectivity index (χ0) is 31.5. The van der Waals surface area contributed by atoms with E-state index in [0.717, 1.165) is 33.8 Å². The molecule has 1 amide bonds. The van der Waals surface area contributed by atoms with Crippen LogP contribution >= 0.6 is 11.6 Å². The van der Waals surface area contributed by atoms with Gasteiger partial charge in [-0.15, -0.1) is 0 Å². The summed E-state index contributed by atoms with van der Waals surface area (Å²) in [6.07, 6.45) is 0.941. The van der Waals surface area contributed by atoms with E-state index < -0.39 is 6.04 Å². The second kappa shape index (κ2) is 13.1. The number of hydrogen-bond acceptors (Lipinski definition) is 6. The highest BCUT2D eigenvalue weighted by Crippen LogP contribution is 2.48. The number of ketones is 1. The van der Waals surface area contributed by atoms with Crippen LogP contribution in [0, 0.1) is 0 Å². The summed E-state index contributed by atoms with van der Waals surface area (Å²) in [6.45, 7) is 4.20. The summed E-state index contributed by atoms with van der Waals surface area (Å²) in [6, 6.07) is 28.0. The number of benzene rings is 4. The lowest BCUT2D eigenvalue weighted by molar-refractivity contribution is -0.117. The molecule has 2 atom stereocenters. The molecule has 45 heavy (non-hydrogen) atoms. The fourth-order valence-corrected chi connectivity index (χ4v) is 6.32. The summed E-state index contributed by atoms with van der Waals surface area (Å²) in [5, 5.41) is 4.23. The lowest BCUT2D eigenvalue weighted by atomic mass is 9.78. The van der Waals surface area contributed by atoms with Crippen LogP contribution in [0.4, 0.5) is 11.4 Å². The van der Waals surface area contributed by atoms with Crippen molar-refractivity contribution in [2.24, 2.45) is 0 Å². The van der Waals surface area contributed by atoms with E-state index in [-0.39, 0.29) is 17.6 Å². The summed E-state index contributed by atoms with van der Waals surface area (Å²) in [5.74, 6) is 1.68. The first-order chi connectivity index (χ1) is 21.9. The van der Waals surface area contributed by atoms with Gasteiger partial charge in [0.25, 0.3) is 0 Å². The molecule has 8 heteroatoms. The van der Waals surface area contributed by atoms with Gasteiger partial charge < -0.3 is 19.5 Å². The van der Waals surface area contributed by atoms with Crippen LogP contribution in [0.5, 0.6) is 17.2 Å². The number of fused-ring (bicyclic) bond motifs is 1. The third-order valence-corrected chi connectivity index (χ3v) is 8.56. The highest BCUT2D eigenvalue weighted by molar-refractivity contribution is 6.30. The monoisotopic (exact) mass is 622 g/mol. The lowest BCUT2D eigenvalue weighted by Crippen LogP contribution is -2.37. The minimum atomic E-state index is -0.664. The number of ether oxygens (including phenoxy) is 3. The average Bonchev–Trinajstić information content (AvgIpc) is 3.20. The number of nitrogens with one attached hydrogen (secondary N) is 1. The van der Waals surface area contributed by atoms with E-state index in [9.17, 15) is 9.59 Å². The molecule has 0 unspecified atom stereocenters. The first-order valence-electron chi connectivity index (χ1n) is 15.1. The Morgan fingerprint density at radius 3 is 2.36 bits per heavy atom. The van der Waals surface area contributed by atoms with Crippen molar-refractivity contribution in [1.82, 2.24) is 0 Å². The lowest BCUT2D eigenvalue weighted by Gasteiger charge is -2.35. The molecule has 4 aromatic rings. The standard InChI is InChI=1S/C37H35ClN2O5/c1-4-44-35-21-26(13-18-34(35)45-22-24-9-14-28(38)15-10-24)37-36-31(39-30-7-5-6-8-32(30)40(37)23(2)41)19-27(20-33(36)42)25-11-16-29(43-3)17-12-25/h5-18,21,27,37,39H,4,19-20,22H2,1-3H3/t27-,37-/m1/s1. The van der Waals surface area contributed by atoms with E-state index in [1.54, 1.807) is 12.0 Å². The number of carbonyl (C=O) groups is 2. The van der Waals surface area contributed by atoms with Gasteiger partial charge in [-0.3, -0.25) is 14.5 Å². The molecule has 0 spiro atoms. The van der Waals surface area contributed by atoms with E-state index in [2.05, 4.69) is 5.32 Å². The molecule has 0 saturated heterocycles. The van der Waals surface area contributed by atoms with Gasteiger partial charge in [0, 0.05) is 29.6 Å². The Balaban J connectivity index is 1.43. The number of carbonyl (C=O) groups excluding carboxylic acids is 2. The maximum Gasteiger partial charge on any atom is 0.224 e. The third kappa shape index (κ3) is 6.26. The van der Waals surface area contributed by atoms with Crippen molar-refractivity contribution >= 4 is 34.7 Å². The molecule has 1 aliphatic carbocycles. The quantitative estimate of drug-likeness (QED) is 0.213. The van der Waals surface area contributed by atoms with Crippen molar-refractivity contribution in [1.29, 1.82) is 0 Å². The van der Waals surface area contributed by atoms with Crippen molar-refractivity contribution in [2.75, 3.05) is 23.9 Å². The molecule has 1 aliphatic heterocycles. The van der Waals surface area contributed by atoms with Gasteiger partial charge in [0.1, 0.15) is 12.4 Å². The number of halogens is 1. The second-order valence-electron chi connectivity index (χ2n) is 11.2. The number of nitrogens with zero attached hydrogens (tertiary/aromatic N) is 1. The normalized spacial score (nSPS) is 17.5. The highest BCUT2D eigenvalue weighted by atomic mass is 35.5. The Bertz CT molecular complexity index is 1750. The Labute approximate surface area is 268 Å². The Morgan fingerprint density at radius 1 is 0.911 bits per heavy atom. The number of rotatable bonds is 8. The van der Waals surface area contributed by atoms with Crippen LogP contribution in [0.25, 0.3) is 0 Å². The maximum absolute atomic E-state index is 14.2. The molecule has 7 nitrogen and oxygen atoms in total. The Morgan fingerprint density at radius 2 is 1.64 bits per heavy atom. The van der Waals surface area contributed by atoms with Crippen molar-refractivity contribution in [3.05, 3.63) is 124 Å². The van der Waals surface area contributed by atoms with Crippen molar-refractivity contribution in [3.63, 3.8) is 0 Å². The van der Waals surface area contributed by atoms with Gasteiger partial charge in [-0.05, 0) is 84.5 Å². The van der Waals surface area contributed by atoms with E-state index in [1.807, 2.05) is 97.9 Å². The molecule has 1 heterocycles. The van der Waals surface area contributed by atoms with Gasteiger partial charge in [0.2, 0.25) is 5.91 Å². The molecule has 1 N–H and O–H groups in total. The zero-order valence-corrected chi connectivity index (χ0v) is 26.3. The van der Waals surface area contributed by atoms with Gasteiger partial charge in [-0.25, -0.2) is 0 Å². The maximum atomic E-state index is 14.2. The molecule has 0 fully saturated rings. The third-order valence-electron chi connectivity index (χ3n) is 8.31. The molecule has 230 valence electrons. The van der Waals surface area contributed by atoms with Crippen LogP contribution in [-0.2, 0) is 16.2 Å². The topological polar surface area (TPSA) is 77.1 Å². The number of allylic oxidation sites excluding steroid dienone is 1. The average molecular weight is 623 g/mol. The first kappa shape index (κ1) is 30.3. The van der Waals surface area contributed by atoms with E-state index >= 15 is 0 Å². The molecule has 4 aromatic carbocycles. The summed E-state index contributed by atoms with van der Waals surface area (Å²) in [5.41, 5.74) is 5.68. The SMILES string of the molecule is CCOc1cc([C@@H]2C3=C(C[C@@H](c4ccc(OC)cc4)CC3=O)Nc3ccccc3N2C(C)=O)ccc1OCc1ccc(Cl)cc1.